The van der Waals surface area contributed by atoms with Gasteiger partial charge in [0.05, 0.1) is 13.2 Å². The van der Waals surface area contributed by atoms with Crippen LogP contribution in [0.5, 0.6) is 0 Å². The van der Waals surface area contributed by atoms with Gasteiger partial charge in [0, 0.05) is 49.0 Å². The van der Waals surface area contributed by atoms with Crippen molar-refractivity contribution in [2.24, 2.45) is 0 Å². The van der Waals surface area contributed by atoms with Gasteiger partial charge in [-0.15, -0.1) is 0 Å². The molecule has 7 nitrogen and oxygen atoms in total. The number of rotatable bonds is 10. The second-order valence-corrected chi connectivity index (χ2v) is 6.06. The molecule has 0 aromatic heterocycles. The molecule has 2 rings (SSSR count). The first kappa shape index (κ1) is 19.8. The van der Waals surface area contributed by atoms with Gasteiger partial charge < -0.3 is 37.0 Å². The summed E-state index contributed by atoms with van der Waals surface area (Å²) < 4.78 is 0. The molecule has 0 fully saturated rings. The summed E-state index contributed by atoms with van der Waals surface area (Å²) in [7, 11) is 0. The number of nitrogens with two attached hydrogens (primary N) is 2. The van der Waals surface area contributed by atoms with E-state index in [4.69, 9.17) is 11.5 Å². The zero-order valence-corrected chi connectivity index (χ0v) is 14.9. The van der Waals surface area contributed by atoms with Crippen LogP contribution in [0.4, 0.5) is 22.7 Å². The van der Waals surface area contributed by atoms with Crippen LogP contribution in [-0.4, -0.2) is 48.2 Å². The zero-order chi connectivity index (χ0) is 18.9. The van der Waals surface area contributed by atoms with Gasteiger partial charge in [0.1, 0.15) is 0 Å². The Balaban J connectivity index is 2.20. The van der Waals surface area contributed by atoms with Crippen LogP contribution in [0.2, 0.25) is 0 Å². The highest BCUT2D eigenvalue weighted by Crippen LogP contribution is 2.25. The van der Waals surface area contributed by atoms with Crippen LogP contribution in [0.1, 0.15) is 11.1 Å². The van der Waals surface area contributed by atoms with Gasteiger partial charge in [-0.2, -0.15) is 0 Å². The topological polar surface area (TPSA) is 128 Å². The summed E-state index contributed by atoms with van der Waals surface area (Å²) in [6.45, 7) is 1.43. The molecule has 2 aromatic carbocycles. The lowest BCUT2D eigenvalue weighted by Gasteiger charge is -2.24. The summed E-state index contributed by atoms with van der Waals surface area (Å²) >= 11 is 0. The average molecular weight is 360 g/mol. The van der Waals surface area contributed by atoms with Crippen LogP contribution < -0.4 is 21.7 Å². The first-order valence-electron chi connectivity index (χ1n) is 8.67. The molecule has 0 unspecified atom stereocenters. The fourth-order valence-corrected chi connectivity index (χ4v) is 2.86. The second kappa shape index (κ2) is 9.86. The number of anilines is 4. The number of aliphatic hydroxyl groups is 3. The van der Waals surface area contributed by atoms with Crippen molar-refractivity contribution in [2.45, 2.75) is 13.0 Å². The number of hydrogen-bond donors (Lipinski definition) is 6. The molecule has 0 atom stereocenters. The maximum Gasteiger partial charge on any atom is 0.0606 e. The van der Waals surface area contributed by atoms with Gasteiger partial charge in [0.2, 0.25) is 0 Å². The third kappa shape index (κ3) is 5.26. The standard InChI is InChI=1S/C19H28N4O3/c20-16-1-3-18(21)15(11-16)13-22-19-4-2-17(12-14(19)5-8-24)23(6-9-25)7-10-26/h1-4,11-12,22,24-26H,5-10,13,20-21H2. The molecule has 0 heterocycles. The van der Waals surface area contributed by atoms with Gasteiger partial charge in [0.15, 0.2) is 0 Å². The average Bonchev–Trinajstić information content (AvgIpc) is 2.63. The number of hydrogen-bond acceptors (Lipinski definition) is 7. The number of nitrogens with one attached hydrogen (secondary N) is 1. The molecule has 0 amide bonds. The molecular formula is C19H28N4O3. The third-order valence-corrected chi connectivity index (χ3v) is 4.21. The molecule has 7 heteroatoms. The molecule has 0 radical (unpaired) electrons. The number of nitrogen functional groups attached to an aromatic ring is 2. The second-order valence-electron chi connectivity index (χ2n) is 6.06. The quantitative estimate of drug-likeness (QED) is 0.346. The maximum atomic E-state index is 9.39. The molecular weight excluding hydrogens is 332 g/mol. The van der Waals surface area contributed by atoms with Gasteiger partial charge >= 0.3 is 0 Å². The SMILES string of the molecule is Nc1ccc(N)c(CNc2ccc(N(CCO)CCO)cc2CCO)c1. The summed E-state index contributed by atoms with van der Waals surface area (Å²) in [6, 6.07) is 11.2. The van der Waals surface area contributed by atoms with E-state index in [1.807, 2.05) is 29.2 Å². The van der Waals surface area contributed by atoms with E-state index in [0.717, 1.165) is 22.5 Å². The summed E-state index contributed by atoms with van der Waals surface area (Å²) in [5.74, 6) is 0. The van der Waals surface area contributed by atoms with E-state index >= 15 is 0 Å². The lowest BCUT2D eigenvalue weighted by Crippen LogP contribution is -2.29. The number of aliphatic hydroxyl groups excluding tert-OH is 3. The van der Waals surface area contributed by atoms with Gasteiger partial charge in [-0.05, 0) is 53.9 Å². The van der Waals surface area contributed by atoms with E-state index in [9.17, 15) is 15.3 Å². The highest BCUT2D eigenvalue weighted by molar-refractivity contribution is 5.62. The van der Waals surface area contributed by atoms with E-state index in [0.29, 0.717) is 37.4 Å². The number of nitrogens with zero attached hydrogens (tertiary/aromatic N) is 1. The Labute approximate surface area is 153 Å². The van der Waals surface area contributed by atoms with E-state index in [1.54, 1.807) is 12.1 Å². The minimum atomic E-state index is 0.00401. The van der Waals surface area contributed by atoms with E-state index in [1.165, 1.54) is 0 Å². The van der Waals surface area contributed by atoms with Gasteiger partial charge in [-0.1, -0.05) is 0 Å². The Kier molecular flexibility index (Phi) is 7.53. The van der Waals surface area contributed by atoms with Crippen molar-refractivity contribution in [1.29, 1.82) is 0 Å². The molecule has 0 aliphatic heterocycles. The van der Waals surface area contributed by atoms with Gasteiger partial charge in [-0.25, -0.2) is 0 Å². The highest BCUT2D eigenvalue weighted by Gasteiger charge is 2.10. The van der Waals surface area contributed by atoms with Crippen molar-refractivity contribution in [3.8, 4) is 0 Å². The number of benzene rings is 2. The molecule has 0 saturated heterocycles. The van der Waals surface area contributed by atoms with Crippen LogP contribution in [0.25, 0.3) is 0 Å². The van der Waals surface area contributed by atoms with Crippen molar-refractivity contribution >= 4 is 22.7 Å². The van der Waals surface area contributed by atoms with Crippen LogP contribution >= 0.6 is 0 Å². The highest BCUT2D eigenvalue weighted by atomic mass is 16.3. The van der Waals surface area contributed by atoms with Crippen molar-refractivity contribution in [3.05, 3.63) is 47.5 Å². The van der Waals surface area contributed by atoms with Crippen LogP contribution in [0.15, 0.2) is 36.4 Å². The van der Waals surface area contributed by atoms with Crippen molar-refractivity contribution in [2.75, 3.05) is 54.6 Å². The molecule has 0 saturated carbocycles. The molecule has 0 bridgehead atoms. The van der Waals surface area contributed by atoms with Gasteiger partial charge in [-0.3, -0.25) is 0 Å². The normalized spacial score (nSPS) is 10.7. The fraction of sp³-hybridized carbons (Fsp3) is 0.368. The van der Waals surface area contributed by atoms with E-state index in [2.05, 4.69) is 5.32 Å². The van der Waals surface area contributed by atoms with Crippen LogP contribution in [0.3, 0.4) is 0 Å². The lowest BCUT2D eigenvalue weighted by molar-refractivity contribution is 0.281. The predicted octanol–water partition coefficient (Wildman–Crippen LogP) is 0.789. The van der Waals surface area contributed by atoms with Crippen molar-refractivity contribution in [3.63, 3.8) is 0 Å². The first-order chi connectivity index (χ1) is 12.6. The molecule has 2 aromatic rings. The summed E-state index contributed by atoms with van der Waals surface area (Å²) in [5.41, 5.74) is 16.8. The Morgan fingerprint density at radius 1 is 0.846 bits per heavy atom. The Hall–Kier alpha value is -2.48. The lowest BCUT2D eigenvalue weighted by atomic mass is 10.1. The maximum absolute atomic E-state index is 9.39. The summed E-state index contributed by atoms with van der Waals surface area (Å²) in [5, 5.41) is 31.2. The van der Waals surface area contributed by atoms with Crippen molar-refractivity contribution < 1.29 is 15.3 Å². The molecule has 8 N–H and O–H groups in total. The monoisotopic (exact) mass is 360 g/mol. The van der Waals surface area contributed by atoms with Crippen LogP contribution in [0, 0.1) is 0 Å². The predicted molar refractivity (Wildman–Crippen MR) is 106 cm³/mol. The molecule has 26 heavy (non-hydrogen) atoms. The Bertz CT molecular complexity index is 703. The minimum Gasteiger partial charge on any atom is -0.399 e. The zero-order valence-electron chi connectivity index (χ0n) is 14.9. The largest absolute Gasteiger partial charge is 0.399 e. The summed E-state index contributed by atoms with van der Waals surface area (Å²) in [6.07, 6.45) is 0.495. The van der Waals surface area contributed by atoms with Crippen molar-refractivity contribution in [1.82, 2.24) is 0 Å². The first-order valence-corrected chi connectivity index (χ1v) is 8.67. The van der Waals surface area contributed by atoms with E-state index < -0.39 is 0 Å². The molecule has 142 valence electrons. The van der Waals surface area contributed by atoms with Crippen LogP contribution in [-0.2, 0) is 13.0 Å². The Morgan fingerprint density at radius 3 is 2.23 bits per heavy atom. The molecule has 0 spiro atoms. The smallest absolute Gasteiger partial charge is 0.0606 e. The minimum absolute atomic E-state index is 0.00401. The third-order valence-electron chi connectivity index (χ3n) is 4.21. The molecule has 0 aliphatic carbocycles. The fourth-order valence-electron chi connectivity index (χ4n) is 2.86. The van der Waals surface area contributed by atoms with Gasteiger partial charge in [0.25, 0.3) is 0 Å². The molecule has 0 aliphatic rings. The summed E-state index contributed by atoms with van der Waals surface area (Å²) in [4.78, 5) is 1.90. The van der Waals surface area contributed by atoms with E-state index in [-0.39, 0.29) is 19.8 Å². The Morgan fingerprint density at radius 2 is 1.58 bits per heavy atom.